The molecule has 0 aliphatic carbocycles. The van der Waals surface area contributed by atoms with Gasteiger partial charge in [0.15, 0.2) is 5.69 Å². The molecule has 1 N–H and O–H groups in total. The van der Waals surface area contributed by atoms with Gasteiger partial charge in [-0.3, -0.25) is 0 Å². The van der Waals surface area contributed by atoms with Crippen molar-refractivity contribution in [3.8, 4) is 11.5 Å². The number of carboxylic acids is 1. The molecule has 0 unspecified atom stereocenters. The smallest absolute Gasteiger partial charge is 0.358 e. The summed E-state index contributed by atoms with van der Waals surface area (Å²) in [5, 5.41) is 9.05. The molecule has 1 aromatic heterocycles. The van der Waals surface area contributed by atoms with Crippen molar-refractivity contribution in [2.45, 2.75) is 6.92 Å². The molecule has 6 heteroatoms. The molecule has 0 saturated carbocycles. The van der Waals surface area contributed by atoms with Crippen molar-refractivity contribution in [3.05, 3.63) is 40.5 Å². The lowest BCUT2D eigenvalue weighted by Gasteiger charge is -1.97. The first-order valence-electron chi connectivity index (χ1n) is 4.65. The van der Waals surface area contributed by atoms with Gasteiger partial charge in [-0.1, -0.05) is 11.6 Å². The van der Waals surface area contributed by atoms with Crippen LogP contribution in [-0.4, -0.2) is 16.1 Å². The fourth-order valence-electron chi connectivity index (χ4n) is 1.37. The fraction of sp³-hybridized carbons (Fsp3) is 0.0909. The Hall–Kier alpha value is -1.88. The summed E-state index contributed by atoms with van der Waals surface area (Å²) in [6, 6.07) is 3.96. The van der Waals surface area contributed by atoms with Crippen LogP contribution >= 0.6 is 11.6 Å². The zero-order valence-electron chi connectivity index (χ0n) is 8.70. The summed E-state index contributed by atoms with van der Waals surface area (Å²) in [4.78, 5) is 14.5. The van der Waals surface area contributed by atoms with Crippen LogP contribution in [0, 0.1) is 12.7 Å². The van der Waals surface area contributed by atoms with Gasteiger partial charge in [0.1, 0.15) is 11.6 Å². The highest BCUT2D eigenvalue weighted by molar-refractivity contribution is 6.30. The average Bonchev–Trinajstić information content (AvgIpc) is 2.60. The summed E-state index contributed by atoms with van der Waals surface area (Å²) in [6.07, 6.45) is 0. The van der Waals surface area contributed by atoms with Crippen LogP contribution in [0.5, 0.6) is 0 Å². The van der Waals surface area contributed by atoms with Crippen molar-refractivity contribution in [1.29, 1.82) is 0 Å². The summed E-state index contributed by atoms with van der Waals surface area (Å²) in [6.45, 7) is 1.45. The molecule has 0 saturated heterocycles. The van der Waals surface area contributed by atoms with Crippen LogP contribution in [0.1, 0.15) is 16.2 Å². The topological polar surface area (TPSA) is 63.3 Å². The molecule has 0 aliphatic heterocycles. The fourth-order valence-corrected chi connectivity index (χ4v) is 1.53. The van der Waals surface area contributed by atoms with Gasteiger partial charge in [-0.2, -0.15) is 0 Å². The lowest BCUT2D eigenvalue weighted by molar-refractivity contribution is 0.0689. The van der Waals surface area contributed by atoms with E-state index in [0.717, 1.165) is 6.07 Å². The molecule has 0 radical (unpaired) electrons. The number of halogens is 2. The van der Waals surface area contributed by atoms with Crippen LogP contribution < -0.4 is 0 Å². The highest BCUT2D eigenvalue weighted by Crippen LogP contribution is 2.26. The predicted molar refractivity (Wildman–Crippen MR) is 58.6 cm³/mol. The van der Waals surface area contributed by atoms with Crippen molar-refractivity contribution in [2.75, 3.05) is 0 Å². The quantitative estimate of drug-likeness (QED) is 0.895. The van der Waals surface area contributed by atoms with Crippen LogP contribution in [0.25, 0.3) is 11.5 Å². The Bertz CT molecular complexity index is 594. The average molecular weight is 256 g/mol. The number of aromatic carboxylic acids is 1. The van der Waals surface area contributed by atoms with Crippen LogP contribution in [0.15, 0.2) is 22.6 Å². The van der Waals surface area contributed by atoms with E-state index in [4.69, 9.17) is 21.1 Å². The Morgan fingerprint density at radius 1 is 1.53 bits per heavy atom. The monoisotopic (exact) mass is 255 g/mol. The van der Waals surface area contributed by atoms with Crippen LogP contribution in [-0.2, 0) is 0 Å². The van der Waals surface area contributed by atoms with E-state index in [9.17, 15) is 9.18 Å². The Kier molecular flexibility index (Phi) is 2.85. The molecular weight excluding hydrogens is 249 g/mol. The first kappa shape index (κ1) is 11.6. The molecule has 0 fully saturated rings. The number of benzene rings is 1. The third-order valence-electron chi connectivity index (χ3n) is 2.16. The zero-order valence-corrected chi connectivity index (χ0v) is 9.45. The van der Waals surface area contributed by atoms with Crippen molar-refractivity contribution < 1.29 is 18.7 Å². The summed E-state index contributed by atoms with van der Waals surface area (Å²) in [5.41, 5.74) is -0.153. The molecule has 0 atom stereocenters. The van der Waals surface area contributed by atoms with E-state index in [1.54, 1.807) is 0 Å². The van der Waals surface area contributed by atoms with Gasteiger partial charge in [-0.05, 0) is 25.1 Å². The van der Waals surface area contributed by atoms with E-state index in [2.05, 4.69) is 4.98 Å². The molecule has 2 rings (SSSR count). The van der Waals surface area contributed by atoms with Crippen LogP contribution in [0.3, 0.4) is 0 Å². The predicted octanol–water partition coefficient (Wildman–Crippen LogP) is 3.14. The Labute approximate surface area is 101 Å². The molecule has 0 amide bonds. The third kappa shape index (κ3) is 2.14. The second kappa shape index (κ2) is 4.18. The summed E-state index contributed by atoms with van der Waals surface area (Å²) >= 11 is 5.61. The molecule has 2 aromatic rings. The zero-order chi connectivity index (χ0) is 12.6. The first-order chi connectivity index (χ1) is 7.99. The highest BCUT2D eigenvalue weighted by atomic mass is 35.5. The van der Waals surface area contributed by atoms with Gasteiger partial charge in [0.25, 0.3) is 0 Å². The second-order valence-electron chi connectivity index (χ2n) is 3.35. The van der Waals surface area contributed by atoms with Gasteiger partial charge in [-0.25, -0.2) is 14.2 Å². The van der Waals surface area contributed by atoms with Gasteiger partial charge in [0, 0.05) is 5.02 Å². The normalized spacial score (nSPS) is 10.5. The summed E-state index contributed by atoms with van der Waals surface area (Å²) < 4.78 is 18.7. The Balaban J connectivity index is 2.53. The molecular formula is C11H7ClFNO3. The van der Waals surface area contributed by atoms with Gasteiger partial charge < -0.3 is 9.52 Å². The maximum absolute atomic E-state index is 13.5. The summed E-state index contributed by atoms with van der Waals surface area (Å²) in [5.74, 6) is -1.78. The molecule has 1 heterocycles. The van der Waals surface area contributed by atoms with Gasteiger partial charge in [-0.15, -0.1) is 0 Å². The number of aryl methyl sites for hydroxylation is 1. The van der Waals surface area contributed by atoms with E-state index in [1.807, 2.05) is 0 Å². The number of rotatable bonds is 2. The number of hydrogen-bond donors (Lipinski definition) is 1. The van der Waals surface area contributed by atoms with Crippen molar-refractivity contribution in [2.24, 2.45) is 0 Å². The number of hydrogen-bond acceptors (Lipinski definition) is 3. The van der Waals surface area contributed by atoms with Gasteiger partial charge in [0.2, 0.25) is 5.89 Å². The standard InChI is InChI=1S/C11H7ClFNO3/c1-5-9(11(15)16)14-10(17-5)7-3-2-6(12)4-8(7)13/h2-4H,1H3,(H,15,16). The van der Waals surface area contributed by atoms with Gasteiger partial charge in [0.05, 0.1) is 5.56 Å². The van der Waals surface area contributed by atoms with Gasteiger partial charge >= 0.3 is 5.97 Å². The number of nitrogens with zero attached hydrogens (tertiary/aromatic N) is 1. The van der Waals surface area contributed by atoms with Crippen molar-refractivity contribution in [3.63, 3.8) is 0 Å². The van der Waals surface area contributed by atoms with E-state index >= 15 is 0 Å². The molecule has 0 aliphatic rings. The minimum absolute atomic E-state index is 0.0741. The minimum Gasteiger partial charge on any atom is -0.476 e. The van der Waals surface area contributed by atoms with Crippen molar-refractivity contribution >= 4 is 17.6 Å². The second-order valence-corrected chi connectivity index (χ2v) is 3.79. The molecule has 17 heavy (non-hydrogen) atoms. The Morgan fingerprint density at radius 2 is 2.24 bits per heavy atom. The molecule has 1 aromatic carbocycles. The van der Waals surface area contributed by atoms with E-state index in [1.165, 1.54) is 19.1 Å². The maximum atomic E-state index is 13.5. The lowest BCUT2D eigenvalue weighted by Crippen LogP contribution is -1.98. The molecule has 0 spiro atoms. The van der Waals surface area contributed by atoms with Crippen molar-refractivity contribution in [1.82, 2.24) is 4.98 Å². The SMILES string of the molecule is Cc1oc(-c2ccc(Cl)cc2F)nc1C(=O)O. The van der Waals surface area contributed by atoms with Crippen LogP contribution in [0.4, 0.5) is 4.39 Å². The maximum Gasteiger partial charge on any atom is 0.358 e. The minimum atomic E-state index is -1.22. The number of oxazole rings is 1. The first-order valence-corrected chi connectivity index (χ1v) is 5.03. The van der Waals surface area contributed by atoms with E-state index in [0.29, 0.717) is 0 Å². The number of aromatic nitrogens is 1. The molecule has 88 valence electrons. The summed E-state index contributed by atoms with van der Waals surface area (Å²) in [7, 11) is 0. The molecule has 4 nitrogen and oxygen atoms in total. The highest BCUT2D eigenvalue weighted by Gasteiger charge is 2.19. The lowest BCUT2D eigenvalue weighted by atomic mass is 10.2. The molecule has 0 bridgehead atoms. The third-order valence-corrected chi connectivity index (χ3v) is 2.40. The largest absolute Gasteiger partial charge is 0.476 e. The Morgan fingerprint density at radius 3 is 2.76 bits per heavy atom. The number of carboxylic acid groups (broad SMARTS) is 1. The van der Waals surface area contributed by atoms with E-state index < -0.39 is 11.8 Å². The van der Waals surface area contributed by atoms with E-state index in [-0.39, 0.29) is 27.9 Å². The number of carbonyl (C=O) groups is 1. The van der Waals surface area contributed by atoms with Crippen LogP contribution in [0.2, 0.25) is 5.02 Å².